The Morgan fingerprint density at radius 1 is 1.62 bits per heavy atom. The van der Waals surface area contributed by atoms with E-state index >= 15 is 0 Å². The minimum absolute atomic E-state index is 0.549. The lowest BCUT2D eigenvalue weighted by molar-refractivity contribution is 0.752. The number of fused-ring (bicyclic) bond motifs is 1. The molecule has 0 spiro atoms. The maximum absolute atomic E-state index is 5.74. The first-order valence-electron chi connectivity index (χ1n) is 3.81. The summed E-state index contributed by atoms with van der Waals surface area (Å²) in [5, 5.41) is 7.67. The van der Waals surface area contributed by atoms with Gasteiger partial charge in [-0.1, -0.05) is 11.6 Å². The molecule has 0 amide bonds. The van der Waals surface area contributed by atoms with E-state index in [1.807, 2.05) is 7.05 Å². The predicted octanol–water partition coefficient (Wildman–Crippen LogP) is 0.497. The third-order valence-electron chi connectivity index (χ3n) is 1.54. The highest BCUT2D eigenvalue weighted by molar-refractivity contribution is 6.30. The second-order valence-electron chi connectivity index (χ2n) is 2.58. The zero-order valence-corrected chi connectivity index (χ0v) is 7.78. The molecule has 2 rings (SSSR count). The number of nitrogens with one attached hydrogen (secondary N) is 1. The molecule has 0 saturated carbocycles. The summed E-state index contributed by atoms with van der Waals surface area (Å²) >= 11 is 5.74. The standard InChI is InChI=1S/C7H8ClN5/c1-9-3-6-11-7-10-2-5(8)4-13(7)12-6/h2,4,9H,3H2,1H3. The minimum Gasteiger partial charge on any atom is -0.313 e. The molecule has 68 valence electrons. The second kappa shape index (κ2) is 3.27. The van der Waals surface area contributed by atoms with Crippen LogP contribution in [0.2, 0.25) is 5.02 Å². The van der Waals surface area contributed by atoms with Gasteiger partial charge in [-0.15, -0.1) is 5.10 Å². The van der Waals surface area contributed by atoms with Crippen molar-refractivity contribution in [2.24, 2.45) is 0 Å². The molecule has 2 aromatic heterocycles. The maximum Gasteiger partial charge on any atom is 0.252 e. The third kappa shape index (κ3) is 1.61. The van der Waals surface area contributed by atoms with E-state index in [9.17, 15) is 0 Å². The summed E-state index contributed by atoms with van der Waals surface area (Å²) in [7, 11) is 1.84. The molecule has 5 nitrogen and oxygen atoms in total. The molecule has 2 heterocycles. The lowest BCUT2D eigenvalue weighted by Gasteiger charge is -1.89. The van der Waals surface area contributed by atoms with Crippen molar-refractivity contribution in [3.8, 4) is 0 Å². The first kappa shape index (κ1) is 8.40. The van der Waals surface area contributed by atoms with Crippen molar-refractivity contribution in [3.05, 3.63) is 23.2 Å². The Labute approximate surface area is 79.8 Å². The molecule has 1 N–H and O–H groups in total. The number of rotatable bonds is 2. The molecule has 13 heavy (non-hydrogen) atoms. The smallest absolute Gasteiger partial charge is 0.252 e. The maximum atomic E-state index is 5.74. The van der Waals surface area contributed by atoms with Crippen molar-refractivity contribution in [1.82, 2.24) is 24.9 Å². The molecule has 0 unspecified atom stereocenters. The van der Waals surface area contributed by atoms with Crippen LogP contribution in [0.25, 0.3) is 5.78 Å². The number of hydrogen-bond acceptors (Lipinski definition) is 4. The van der Waals surface area contributed by atoms with Gasteiger partial charge in [-0.05, 0) is 7.05 Å². The van der Waals surface area contributed by atoms with Gasteiger partial charge in [-0.3, -0.25) is 0 Å². The van der Waals surface area contributed by atoms with E-state index in [0.717, 1.165) is 0 Å². The summed E-state index contributed by atoms with van der Waals surface area (Å²) in [6.45, 7) is 0.626. The second-order valence-corrected chi connectivity index (χ2v) is 3.01. The molecule has 6 heteroatoms. The molecule has 0 aliphatic heterocycles. The van der Waals surface area contributed by atoms with Crippen LogP contribution in [0.5, 0.6) is 0 Å². The number of aromatic nitrogens is 4. The van der Waals surface area contributed by atoms with Crippen molar-refractivity contribution in [2.75, 3.05) is 7.05 Å². The van der Waals surface area contributed by atoms with Crippen LogP contribution in [0.15, 0.2) is 12.4 Å². The molecule has 0 saturated heterocycles. The van der Waals surface area contributed by atoms with E-state index in [2.05, 4.69) is 20.4 Å². The SMILES string of the molecule is CNCc1nc2ncc(Cl)cn2n1. The fourth-order valence-electron chi connectivity index (χ4n) is 1.04. The third-order valence-corrected chi connectivity index (χ3v) is 1.74. The Balaban J connectivity index is 2.49. The highest BCUT2D eigenvalue weighted by Gasteiger charge is 2.02. The summed E-state index contributed by atoms with van der Waals surface area (Å²) in [4.78, 5) is 8.18. The average Bonchev–Trinajstić information content (AvgIpc) is 2.46. The van der Waals surface area contributed by atoms with Crippen molar-refractivity contribution in [2.45, 2.75) is 6.54 Å². The highest BCUT2D eigenvalue weighted by atomic mass is 35.5. The first-order valence-corrected chi connectivity index (χ1v) is 4.19. The van der Waals surface area contributed by atoms with Crippen LogP contribution in [0.4, 0.5) is 0 Å². The van der Waals surface area contributed by atoms with Gasteiger partial charge in [0.05, 0.1) is 24.0 Å². The molecule has 0 bridgehead atoms. The van der Waals surface area contributed by atoms with Crippen LogP contribution in [0.1, 0.15) is 5.82 Å². The first-order chi connectivity index (χ1) is 6.29. The molecule has 0 aliphatic carbocycles. The summed E-state index contributed by atoms with van der Waals surface area (Å²) in [6.07, 6.45) is 3.23. The van der Waals surface area contributed by atoms with Crippen molar-refractivity contribution in [3.63, 3.8) is 0 Å². The zero-order chi connectivity index (χ0) is 9.26. The van der Waals surface area contributed by atoms with E-state index in [1.54, 1.807) is 16.9 Å². The summed E-state index contributed by atoms with van der Waals surface area (Å²) in [5.41, 5.74) is 0. The van der Waals surface area contributed by atoms with Gasteiger partial charge in [-0.25, -0.2) is 9.50 Å². The molecule has 2 aromatic rings. The van der Waals surface area contributed by atoms with E-state index in [4.69, 9.17) is 11.6 Å². The summed E-state index contributed by atoms with van der Waals surface area (Å²) in [6, 6.07) is 0. The predicted molar refractivity (Wildman–Crippen MR) is 48.6 cm³/mol. The van der Waals surface area contributed by atoms with Crippen LogP contribution in [-0.4, -0.2) is 26.6 Å². The fraction of sp³-hybridized carbons (Fsp3) is 0.286. The Bertz CT molecular complexity index is 424. The van der Waals surface area contributed by atoms with Gasteiger partial charge in [0.25, 0.3) is 5.78 Å². The largest absolute Gasteiger partial charge is 0.313 e. The summed E-state index contributed by atoms with van der Waals surface area (Å²) < 4.78 is 1.56. The van der Waals surface area contributed by atoms with Crippen LogP contribution >= 0.6 is 11.6 Å². The molecular weight excluding hydrogens is 190 g/mol. The Morgan fingerprint density at radius 3 is 3.23 bits per heavy atom. The van der Waals surface area contributed by atoms with Crippen molar-refractivity contribution >= 4 is 17.4 Å². The van der Waals surface area contributed by atoms with Gasteiger partial charge < -0.3 is 5.32 Å². The van der Waals surface area contributed by atoms with E-state index in [0.29, 0.717) is 23.2 Å². The van der Waals surface area contributed by atoms with Gasteiger partial charge in [-0.2, -0.15) is 4.98 Å². The lowest BCUT2D eigenvalue weighted by atomic mass is 10.6. The van der Waals surface area contributed by atoms with Gasteiger partial charge in [0.15, 0.2) is 5.82 Å². The van der Waals surface area contributed by atoms with Gasteiger partial charge in [0, 0.05) is 0 Å². The minimum atomic E-state index is 0.549. The fourth-order valence-corrected chi connectivity index (χ4v) is 1.18. The van der Waals surface area contributed by atoms with E-state index in [-0.39, 0.29) is 0 Å². The van der Waals surface area contributed by atoms with Crippen molar-refractivity contribution < 1.29 is 0 Å². The monoisotopic (exact) mass is 197 g/mol. The highest BCUT2D eigenvalue weighted by Crippen LogP contribution is 2.06. The van der Waals surface area contributed by atoms with Crippen molar-refractivity contribution in [1.29, 1.82) is 0 Å². The van der Waals surface area contributed by atoms with E-state index in [1.165, 1.54) is 0 Å². The average molecular weight is 198 g/mol. The molecule has 0 aromatic carbocycles. The zero-order valence-electron chi connectivity index (χ0n) is 7.03. The Hall–Kier alpha value is -1.20. The molecule has 0 atom stereocenters. The number of nitrogens with zero attached hydrogens (tertiary/aromatic N) is 4. The topological polar surface area (TPSA) is 55.1 Å². The number of halogens is 1. The molecule has 0 fully saturated rings. The summed E-state index contributed by atoms with van der Waals surface area (Å²) in [5.74, 6) is 1.27. The van der Waals surface area contributed by atoms with Gasteiger partial charge in [0.1, 0.15) is 0 Å². The van der Waals surface area contributed by atoms with E-state index < -0.39 is 0 Å². The number of hydrogen-bond donors (Lipinski definition) is 1. The lowest BCUT2D eigenvalue weighted by Crippen LogP contribution is -2.06. The van der Waals surface area contributed by atoms with Gasteiger partial charge >= 0.3 is 0 Å². The molecule has 0 aliphatic rings. The van der Waals surface area contributed by atoms with Crippen LogP contribution < -0.4 is 5.32 Å². The quantitative estimate of drug-likeness (QED) is 0.762. The van der Waals surface area contributed by atoms with Crippen LogP contribution in [-0.2, 0) is 6.54 Å². The Morgan fingerprint density at radius 2 is 2.46 bits per heavy atom. The molecule has 0 radical (unpaired) electrons. The van der Waals surface area contributed by atoms with Crippen LogP contribution in [0.3, 0.4) is 0 Å². The van der Waals surface area contributed by atoms with Gasteiger partial charge in [0.2, 0.25) is 0 Å². The van der Waals surface area contributed by atoms with Crippen LogP contribution in [0, 0.1) is 0 Å². The Kier molecular flexibility index (Phi) is 2.12. The molecular formula is C7H8ClN5. The normalized spacial score (nSPS) is 10.9.